The first-order chi connectivity index (χ1) is 39.0. The van der Waals surface area contributed by atoms with Gasteiger partial charge in [-0.05, 0) is 92.6 Å². The molecule has 6 atom stereocenters. The van der Waals surface area contributed by atoms with Gasteiger partial charge in [0.05, 0.1) is 33.0 Å². The van der Waals surface area contributed by atoms with Crippen molar-refractivity contribution >= 4 is 72.4 Å². The van der Waals surface area contributed by atoms with Crippen LogP contribution in [0, 0.1) is 45.9 Å². The number of nitrogen functional groups attached to an aromatic ring is 1. The molecule has 0 aliphatic carbocycles. The van der Waals surface area contributed by atoms with Gasteiger partial charge in [-0.1, -0.05) is 67.0 Å². The van der Waals surface area contributed by atoms with Crippen LogP contribution in [0.1, 0.15) is 81.7 Å². The van der Waals surface area contributed by atoms with Crippen molar-refractivity contribution in [2.24, 2.45) is 11.3 Å². The number of nitrogens with zero attached hydrogens (tertiary/aromatic N) is 8. The number of nitriles is 1. The zero-order valence-electron chi connectivity index (χ0n) is 44.8. The lowest BCUT2D eigenvalue weighted by Crippen LogP contribution is -2.60. The number of thiophene rings is 1. The number of carbonyl (C=O) groups is 2. The zero-order valence-corrected chi connectivity index (χ0v) is 46.4. The van der Waals surface area contributed by atoms with Crippen LogP contribution in [0.15, 0.2) is 71.3 Å². The average molecular weight is 1150 g/mol. The molecule has 16 nitrogen and oxygen atoms in total. The maximum absolute atomic E-state index is 17.2. The fourth-order valence-electron chi connectivity index (χ4n) is 12.8. The first-order valence-electron chi connectivity index (χ1n) is 27.5. The molecule has 3 aromatic heterocycles. The van der Waals surface area contributed by atoms with Crippen LogP contribution in [-0.4, -0.2) is 125 Å². The Labute approximate surface area is 473 Å². The highest BCUT2D eigenvalue weighted by Gasteiger charge is 2.47. The Kier molecular flexibility index (Phi) is 14.6. The fraction of sp³-hybridized carbons (Fsp3) is 0.424. The molecule has 5 N–H and O–H groups in total. The van der Waals surface area contributed by atoms with E-state index in [1.54, 1.807) is 37.3 Å². The Morgan fingerprint density at radius 2 is 1.68 bits per heavy atom. The standard InChI is InChI=1S/C59H60ClF4N11O5S/c1-30(2)47(57(78)75-27-36(76)21-44(75)56(77)67-31(3)32-7-9-33(10-8-32)48-41(61)5-4-6-42(48)62)45-23-46(71-80-45)74-28-59(29-74)15-17-72(18-16-59)19-20-79-58-69-52-38(55(70-58)73-25-34-11-12-35(26-73)68-34)22-40(60)50(51(52)64)37-13-14-43(63)53-49(37)39(24-65)54(66)81-53/h4-10,13-14,22-23,30-31,34-36,44,47,68,76H,11-12,15-21,25-29,66H2,1-3H3,(H,67,77)/t31-,34?,35?,36+,44-,47+/m0/s1. The monoisotopic (exact) mass is 1150 g/mol. The van der Waals surface area contributed by atoms with Gasteiger partial charge in [0, 0.05) is 85.6 Å². The van der Waals surface area contributed by atoms with Crippen LogP contribution in [0.5, 0.6) is 6.01 Å². The van der Waals surface area contributed by atoms with Gasteiger partial charge in [0.2, 0.25) is 11.8 Å². The molecule has 5 aliphatic rings. The number of amides is 2. The summed E-state index contributed by atoms with van der Waals surface area (Å²) < 4.78 is 73.6. The van der Waals surface area contributed by atoms with Gasteiger partial charge >= 0.3 is 6.01 Å². The number of piperidine rings is 1. The Hall–Kier alpha value is -7.09. The SMILES string of the molecule is CC(C)[C@@H](C(=O)N1C[C@H](O)C[C@H]1C(=O)N[C@@H](C)c1ccc(-c2c(F)cccc2F)cc1)c1cc(N2CC3(CCN(CCOc4nc(N5CC6CCC(C5)N6)c5cc(Cl)c(-c6ccc(F)c7sc(N)c(C#N)c67)c(F)c5n4)CC3)C2)no1. The van der Waals surface area contributed by atoms with E-state index in [4.69, 9.17) is 31.6 Å². The van der Waals surface area contributed by atoms with Gasteiger partial charge in [-0.25, -0.2) is 17.6 Å². The van der Waals surface area contributed by atoms with E-state index in [0.29, 0.717) is 53.5 Å². The Balaban J connectivity index is 0.678. The third kappa shape index (κ3) is 10.2. The predicted octanol–water partition coefficient (Wildman–Crippen LogP) is 9.33. The number of benzene rings is 4. The van der Waals surface area contributed by atoms with Crippen molar-refractivity contribution in [3.8, 4) is 34.3 Å². The number of anilines is 3. The quantitative estimate of drug-likeness (QED) is 0.0751. The second-order valence-electron chi connectivity index (χ2n) is 22.8. The van der Waals surface area contributed by atoms with Crippen molar-refractivity contribution in [1.82, 2.24) is 35.6 Å². The summed E-state index contributed by atoms with van der Waals surface area (Å²) in [6.45, 7) is 10.8. The van der Waals surface area contributed by atoms with Crippen molar-refractivity contribution in [1.29, 1.82) is 5.26 Å². The van der Waals surface area contributed by atoms with Gasteiger partial charge in [0.25, 0.3) is 0 Å². The summed E-state index contributed by atoms with van der Waals surface area (Å²) >= 11 is 7.87. The summed E-state index contributed by atoms with van der Waals surface area (Å²) in [5.41, 5.74) is 7.37. The van der Waals surface area contributed by atoms with Gasteiger partial charge in [-0.3, -0.25) is 14.5 Å². The number of piperazine rings is 1. The van der Waals surface area contributed by atoms with E-state index < -0.39 is 53.3 Å². The van der Waals surface area contributed by atoms with Crippen molar-refractivity contribution in [2.75, 3.05) is 74.5 Å². The smallest absolute Gasteiger partial charge is 0.319 e. The van der Waals surface area contributed by atoms with Crippen molar-refractivity contribution in [3.63, 3.8) is 0 Å². The summed E-state index contributed by atoms with van der Waals surface area (Å²) in [6.07, 6.45) is 3.03. The van der Waals surface area contributed by atoms with E-state index >= 15 is 8.78 Å². The largest absolute Gasteiger partial charge is 0.462 e. The van der Waals surface area contributed by atoms with Gasteiger partial charge in [0.15, 0.2) is 17.4 Å². The first kappa shape index (κ1) is 54.5. The molecule has 0 radical (unpaired) electrons. The summed E-state index contributed by atoms with van der Waals surface area (Å²) in [5.74, 6) is -2.94. The molecule has 5 fully saturated rings. The topological polar surface area (TPSA) is 202 Å². The fourth-order valence-corrected chi connectivity index (χ4v) is 14.1. The van der Waals surface area contributed by atoms with Crippen molar-refractivity contribution in [2.45, 2.75) is 89.1 Å². The van der Waals surface area contributed by atoms with E-state index in [-0.39, 0.29) is 103 Å². The van der Waals surface area contributed by atoms with Crippen molar-refractivity contribution < 1.29 is 41.5 Å². The number of nitrogens with two attached hydrogens (primary N) is 1. The molecule has 7 aromatic rings. The molecule has 5 saturated heterocycles. The molecule has 5 aliphatic heterocycles. The van der Waals surface area contributed by atoms with Crippen LogP contribution in [0.25, 0.3) is 43.2 Å². The van der Waals surface area contributed by atoms with Crippen LogP contribution in [0.4, 0.5) is 34.2 Å². The lowest BCUT2D eigenvalue weighted by molar-refractivity contribution is -0.141. The lowest BCUT2D eigenvalue weighted by Gasteiger charge is -2.54. The number of nitrogens with one attached hydrogen (secondary N) is 2. The number of halogens is 5. The minimum Gasteiger partial charge on any atom is -0.462 e. The number of rotatable bonds is 14. The lowest BCUT2D eigenvalue weighted by atomic mass is 9.72. The van der Waals surface area contributed by atoms with Crippen LogP contribution >= 0.6 is 22.9 Å². The Bertz CT molecular complexity index is 3600. The third-order valence-corrected chi connectivity index (χ3v) is 18.5. The summed E-state index contributed by atoms with van der Waals surface area (Å²) in [5, 5.41) is 32.6. The maximum atomic E-state index is 17.2. The summed E-state index contributed by atoms with van der Waals surface area (Å²) in [4.78, 5) is 45.9. The zero-order chi connectivity index (χ0) is 56.6. The number of fused-ring (bicyclic) bond motifs is 4. The molecule has 22 heteroatoms. The Morgan fingerprint density at radius 1 is 0.963 bits per heavy atom. The van der Waals surface area contributed by atoms with E-state index in [2.05, 4.69) is 41.5 Å². The molecule has 2 unspecified atom stereocenters. The summed E-state index contributed by atoms with van der Waals surface area (Å²) in [7, 11) is 0. The van der Waals surface area contributed by atoms with Crippen LogP contribution in [-0.2, 0) is 9.59 Å². The molecule has 422 valence electrons. The highest BCUT2D eigenvalue weighted by Crippen LogP contribution is 2.47. The van der Waals surface area contributed by atoms with Gasteiger partial charge in [0.1, 0.15) is 58.4 Å². The van der Waals surface area contributed by atoms with Gasteiger partial charge in [-0.15, -0.1) is 11.3 Å². The number of aliphatic hydroxyl groups is 1. The molecular formula is C59H60ClF4N11O5S. The molecule has 81 heavy (non-hydrogen) atoms. The molecular weight excluding hydrogens is 1090 g/mol. The van der Waals surface area contributed by atoms with Crippen molar-refractivity contribution in [3.05, 3.63) is 112 Å². The number of carbonyl (C=O) groups excluding carboxylic acids is 2. The first-order valence-corrected chi connectivity index (χ1v) is 28.7. The number of β-amino-alcohol motifs (C(OH)–C–C–N with tert-alkyl or cyclic N) is 1. The summed E-state index contributed by atoms with van der Waals surface area (Å²) in [6, 6.07) is 17.5. The molecule has 2 amide bonds. The molecule has 8 heterocycles. The van der Waals surface area contributed by atoms with Crippen LogP contribution in [0.2, 0.25) is 5.02 Å². The number of ether oxygens (including phenoxy) is 1. The Morgan fingerprint density at radius 3 is 2.37 bits per heavy atom. The normalized spacial score (nSPS) is 21.5. The van der Waals surface area contributed by atoms with Crippen LogP contribution < -0.4 is 30.9 Å². The number of likely N-dealkylation sites (tertiary alicyclic amines) is 2. The van der Waals surface area contributed by atoms with Gasteiger partial charge in [-0.2, -0.15) is 15.2 Å². The highest BCUT2D eigenvalue weighted by atomic mass is 35.5. The number of hydrogen-bond acceptors (Lipinski definition) is 15. The molecule has 0 saturated carbocycles. The number of hydrogen-bond donors (Lipinski definition) is 4. The van der Waals surface area contributed by atoms with E-state index in [1.165, 1.54) is 35.2 Å². The third-order valence-electron chi connectivity index (χ3n) is 17.1. The second kappa shape index (κ2) is 21.7. The number of aliphatic hydroxyl groups excluding tert-OH is 1. The van der Waals surface area contributed by atoms with Gasteiger partial charge < -0.3 is 45.4 Å². The van der Waals surface area contributed by atoms with E-state index in [0.717, 1.165) is 63.2 Å². The molecule has 12 rings (SSSR count). The number of aromatic nitrogens is 3. The van der Waals surface area contributed by atoms with Crippen LogP contribution in [0.3, 0.4) is 0 Å². The molecule has 1 spiro atoms. The minimum absolute atomic E-state index is 0.00330. The minimum atomic E-state index is -0.941. The van der Waals surface area contributed by atoms with E-state index in [9.17, 15) is 28.7 Å². The van der Waals surface area contributed by atoms with E-state index in [1.807, 2.05) is 19.9 Å². The predicted molar refractivity (Wildman–Crippen MR) is 301 cm³/mol. The average Bonchev–Trinajstić information content (AvgIpc) is 4.45. The molecule has 4 aromatic carbocycles. The maximum Gasteiger partial charge on any atom is 0.319 e. The second-order valence-corrected chi connectivity index (χ2v) is 24.2. The highest BCUT2D eigenvalue weighted by molar-refractivity contribution is 7.23. The molecule has 2 bridgehead atoms.